The molecule has 0 fully saturated rings. The molecule has 2 aromatic heterocycles. The monoisotopic (exact) mass is 448 g/mol. The third-order valence-electron chi connectivity index (χ3n) is 4.29. The van der Waals surface area contributed by atoms with E-state index >= 15 is 0 Å². The summed E-state index contributed by atoms with van der Waals surface area (Å²) in [6.45, 7) is 0. The summed E-state index contributed by atoms with van der Waals surface area (Å²) < 4.78 is 68.2. The first kappa shape index (κ1) is 21.0. The largest absolute Gasteiger partial charge is 0.416 e. The molecule has 10 heteroatoms. The minimum atomic E-state index is -4.52. The van der Waals surface area contributed by atoms with Crippen molar-refractivity contribution in [1.29, 1.82) is 0 Å². The van der Waals surface area contributed by atoms with Gasteiger partial charge in [-0.15, -0.1) is 10.2 Å². The number of nitrogens with zero attached hydrogens (tertiary/aromatic N) is 4. The smallest absolute Gasteiger partial charge is 0.270 e. The molecule has 158 valence electrons. The van der Waals surface area contributed by atoms with Crippen molar-refractivity contribution in [2.24, 2.45) is 0 Å². The Morgan fingerprint density at radius 1 is 0.871 bits per heavy atom. The molecular formula is C21H13F5N4S. The van der Waals surface area contributed by atoms with E-state index in [4.69, 9.17) is 0 Å². The molecule has 0 saturated carbocycles. The first-order chi connectivity index (χ1) is 14.8. The Morgan fingerprint density at radius 2 is 1.58 bits per heavy atom. The molecule has 0 radical (unpaired) electrons. The van der Waals surface area contributed by atoms with Crippen LogP contribution < -0.4 is 0 Å². The van der Waals surface area contributed by atoms with Gasteiger partial charge < -0.3 is 0 Å². The zero-order chi connectivity index (χ0) is 22.0. The molecule has 0 saturated heterocycles. The van der Waals surface area contributed by atoms with Crippen molar-refractivity contribution < 1.29 is 22.0 Å². The molecule has 4 nitrogen and oxygen atoms in total. The first-order valence-electron chi connectivity index (χ1n) is 8.92. The van der Waals surface area contributed by atoms with E-state index in [0.29, 0.717) is 17.0 Å². The third-order valence-corrected chi connectivity index (χ3v) is 5.29. The Morgan fingerprint density at radius 3 is 2.26 bits per heavy atom. The van der Waals surface area contributed by atoms with Gasteiger partial charge in [-0.1, -0.05) is 17.8 Å². The number of pyridine rings is 1. The summed E-state index contributed by atoms with van der Waals surface area (Å²) in [4.78, 5) is 3.94. The van der Waals surface area contributed by atoms with Crippen molar-refractivity contribution in [3.63, 3.8) is 0 Å². The normalized spacial score (nSPS) is 11.6. The van der Waals surface area contributed by atoms with Crippen molar-refractivity contribution in [1.82, 2.24) is 19.7 Å². The van der Waals surface area contributed by atoms with Gasteiger partial charge in [-0.3, -0.25) is 9.55 Å². The zero-order valence-corrected chi connectivity index (χ0v) is 16.5. The van der Waals surface area contributed by atoms with E-state index in [1.54, 1.807) is 12.1 Å². The topological polar surface area (TPSA) is 43.6 Å². The van der Waals surface area contributed by atoms with Gasteiger partial charge in [0.1, 0.15) is 11.6 Å². The number of rotatable bonds is 5. The van der Waals surface area contributed by atoms with Gasteiger partial charge in [0, 0.05) is 29.8 Å². The van der Waals surface area contributed by atoms with Crippen LogP contribution in [0.3, 0.4) is 0 Å². The van der Waals surface area contributed by atoms with Gasteiger partial charge >= 0.3 is 6.18 Å². The minimum absolute atomic E-state index is 0.141. The van der Waals surface area contributed by atoms with Crippen LogP contribution in [0.2, 0.25) is 0 Å². The molecule has 0 unspecified atom stereocenters. The Balaban J connectivity index is 1.77. The molecule has 31 heavy (non-hydrogen) atoms. The SMILES string of the molecule is Fc1cc(F)cc(CSc2nnc(-c3ccncc3)n2-c2cccc(C(F)(F)F)c2)c1. The predicted octanol–water partition coefficient (Wildman–Crippen LogP) is 5.92. The van der Waals surface area contributed by atoms with Crippen LogP contribution in [0.1, 0.15) is 11.1 Å². The second-order valence-electron chi connectivity index (χ2n) is 6.49. The lowest BCUT2D eigenvalue weighted by Gasteiger charge is -2.13. The van der Waals surface area contributed by atoms with E-state index in [1.807, 2.05) is 0 Å². The van der Waals surface area contributed by atoms with E-state index < -0.39 is 23.4 Å². The van der Waals surface area contributed by atoms with Gasteiger partial charge in [-0.05, 0) is 48.0 Å². The van der Waals surface area contributed by atoms with E-state index in [2.05, 4.69) is 15.2 Å². The molecular weight excluding hydrogens is 435 g/mol. The molecule has 0 bridgehead atoms. The van der Waals surface area contributed by atoms with Crippen LogP contribution in [0.25, 0.3) is 17.1 Å². The molecule has 2 heterocycles. The molecule has 4 rings (SSSR count). The standard InChI is InChI=1S/C21H13F5N4S/c22-16-8-13(9-17(23)11-16)12-31-20-29-28-19(14-4-6-27-7-5-14)30(20)18-3-1-2-15(10-18)21(24,25)26/h1-11H,12H2. The van der Waals surface area contributed by atoms with Gasteiger partial charge in [-0.2, -0.15) is 13.2 Å². The Labute approximate surface area is 177 Å². The Bertz CT molecular complexity index is 1190. The lowest BCUT2D eigenvalue weighted by molar-refractivity contribution is -0.137. The van der Waals surface area contributed by atoms with Gasteiger partial charge in [-0.25, -0.2) is 8.78 Å². The van der Waals surface area contributed by atoms with Crippen LogP contribution >= 0.6 is 11.8 Å². The predicted molar refractivity (Wildman–Crippen MR) is 106 cm³/mol. The second-order valence-corrected chi connectivity index (χ2v) is 7.43. The van der Waals surface area contributed by atoms with E-state index in [0.717, 1.165) is 30.0 Å². The fraction of sp³-hybridized carbons (Fsp3) is 0.0952. The van der Waals surface area contributed by atoms with Gasteiger partial charge in [0.25, 0.3) is 0 Å². The summed E-state index contributed by atoms with van der Waals surface area (Å²) in [6, 6.07) is 11.2. The average Bonchev–Trinajstić information content (AvgIpc) is 3.16. The summed E-state index contributed by atoms with van der Waals surface area (Å²) in [7, 11) is 0. The zero-order valence-electron chi connectivity index (χ0n) is 15.6. The fourth-order valence-corrected chi connectivity index (χ4v) is 3.83. The van der Waals surface area contributed by atoms with Crippen molar-refractivity contribution in [3.8, 4) is 17.1 Å². The summed E-state index contributed by atoms with van der Waals surface area (Å²) in [5.41, 5.74) is 0.359. The van der Waals surface area contributed by atoms with Crippen LogP contribution in [0.5, 0.6) is 0 Å². The fourth-order valence-electron chi connectivity index (χ4n) is 2.95. The number of aromatic nitrogens is 4. The van der Waals surface area contributed by atoms with Crippen LogP contribution in [0, 0.1) is 11.6 Å². The maximum Gasteiger partial charge on any atom is 0.416 e. The number of thioether (sulfide) groups is 1. The van der Waals surface area contributed by atoms with Gasteiger partial charge in [0.2, 0.25) is 0 Å². The van der Waals surface area contributed by atoms with Crippen molar-refractivity contribution >= 4 is 11.8 Å². The average molecular weight is 448 g/mol. The van der Waals surface area contributed by atoms with Crippen LogP contribution in [0.15, 0.2) is 72.1 Å². The number of halogens is 5. The molecule has 0 N–H and O–H groups in total. The molecule has 0 spiro atoms. The Kier molecular flexibility index (Phi) is 5.73. The van der Waals surface area contributed by atoms with Gasteiger partial charge in [0.15, 0.2) is 11.0 Å². The molecule has 4 aromatic rings. The number of benzene rings is 2. The van der Waals surface area contributed by atoms with Crippen molar-refractivity contribution in [3.05, 3.63) is 89.8 Å². The lowest BCUT2D eigenvalue weighted by Crippen LogP contribution is -2.07. The second kappa shape index (κ2) is 8.46. The molecule has 2 aromatic carbocycles. The number of hydrogen-bond donors (Lipinski definition) is 0. The Hall–Kier alpha value is -3.27. The molecule has 0 atom stereocenters. The summed E-state index contributed by atoms with van der Waals surface area (Å²) >= 11 is 1.10. The van der Waals surface area contributed by atoms with Crippen molar-refractivity contribution in [2.45, 2.75) is 17.1 Å². The van der Waals surface area contributed by atoms with Crippen LogP contribution in [-0.2, 0) is 11.9 Å². The lowest BCUT2D eigenvalue weighted by atomic mass is 10.2. The van der Waals surface area contributed by atoms with Gasteiger partial charge in [0.05, 0.1) is 11.3 Å². The highest BCUT2D eigenvalue weighted by atomic mass is 32.2. The highest BCUT2D eigenvalue weighted by Gasteiger charge is 2.31. The highest BCUT2D eigenvalue weighted by Crippen LogP contribution is 2.34. The minimum Gasteiger partial charge on any atom is -0.270 e. The summed E-state index contributed by atoms with van der Waals surface area (Å²) in [6.07, 6.45) is -1.46. The molecule has 0 aliphatic heterocycles. The number of alkyl halides is 3. The van der Waals surface area contributed by atoms with Crippen molar-refractivity contribution in [2.75, 3.05) is 0 Å². The number of hydrogen-bond acceptors (Lipinski definition) is 4. The highest BCUT2D eigenvalue weighted by molar-refractivity contribution is 7.98. The van der Waals surface area contributed by atoms with E-state index in [-0.39, 0.29) is 16.6 Å². The maximum absolute atomic E-state index is 13.5. The first-order valence-corrected chi connectivity index (χ1v) is 9.91. The van der Waals surface area contributed by atoms with Crippen LogP contribution in [0.4, 0.5) is 22.0 Å². The van der Waals surface area contributed by atoms with E-state index in [9.17, 15) is 22.0 Å². The molecule has 0 aliphatic carbocycles. The molecule has 0 aliphatic rings. The third kappa shape index (κ3) is 4.74. The quantitative estimate of drug-likeness (QED) is 0.281. The van der Waals surface area contributed by atoms with E-state index in [1.165, 1.54) is 41.2 Å². The van der Waals surface area contributed by atoms with Crippen LogP contribution in [-0.4, -0.2) is 19.7 Å². The maximum atomic E-state index is 13.5. The molecule has 0 amide bonds. The summed E-state index contributed by atoms with van der Waals surface area (Å²) in [5.74, 6) is -0.975. The summed E-state index contributed by atoms with van der Waals surface area (Å²) in [5, 5.41) is 8.52.